The molecule has 0 saturated carbocycles. The van der Waals surface area contributed by atoms with Crippen molar-refractivity contribution in [3.8, 4) is 17.2 Å². The van der Waals surface area contributed by atoms with Gasteiger partial charge in [-0.1, -0.05) is 66.2 Å². The molecule has 0 fully saturated rings. The third-order valence-electron chi connectivity index (χ3n) is 6.56. The molecule has 1 radical (unpaired) electrons. The van der Waals surface area contributed by atoms with Gasteiger partial charge in [-0.05, 0) is 90.4 Å². The predicted molar refractivity (Wildman–Crippen MR) is 149 cm³/mol. The van der Waals surface area contributed by atoms with Gasteiger partial charge in [0.05, 0.1) is 11.6 Å². The molecule has 37 heavy (non-hydrogen) atoms. The fraction of sp³-hybridized carbons (Fsp3) is 0.212. The van der Waals surface area contributed by atoms with Crippen molar-refractivity contribution in [2.24, 2.45) is 0 Å². The number of aryl methyl sites for hydroxylation is 3. The van der Waals surface area contributed by atoms with E-state index in [0.717, 1.165) is 28.7 Å². The van der Waals surface area contributed by atoms with Crippen molar-refractivity contribution in [1.29, 1.82) is 5.26 Å². The first-order chi connectivity index (χ1) is 17.9. The van der Waals surface area contributed by atoms with Crippen LogP contribution >= 0.6 is 0 Å². The van der Waals surface area contributed by atoms with E-state index in [-0.39, 0.29) is 5.91 Å². The molecule has 0 aliphatic carbocycles. The van der Waals surface area contributed by atoms with E-state index in [1.54, 1.807) is 6.07 Å². The van der Waals surface area contributed by atoms with Crippen LogP contribution in [-0.4, -0.2) is 12.5 Å². The third-order valence-corrected chi connectivity index (χ3v) is 6.56. The highest BCUT2D eigenvalue weighted by Crippen LogP contribution is 2.22. The lowest BCUT2D eigenvalue weighted by molar-refractivity contribution is 0.0954. The first-order valence-corrected chi connectivity index (χ1v) is 12.6. The van der Waals surface area contributed by atoms with Crippen LogP contribution in [0.5, 0.6) is 0 Å². The fourth-order valence-electron chi connectivity index (χ4n) is 4.70. The van der Waals surface area contributed by atoms with Crippen LogP contribution < -0.4 is 10.6 Å². The molecular weight excluding hydrogens is 454 g/mol. The van der Waals surface area contributed by atoms with Crippen LogP contribution in [0.15, 0.2) is 84.9 Å². The van der Waals surface area contributed by atoms with Crippen LogP contribution in [0.2, 0.25) is 0 Å². The van der Waals surface area contributed by atoms with Crippen LogP contribution in [0.1, 0.15) is 49.3 Å². The van der Waals surface area contributed by atoms with Crippen LogP contribution in [-0.2, 0) is 19.5 Å². The van der Waals surface area contributed by atoms with Gasteiger partial charge < -0.3 is 5.32 Å². The van der Waals surface area contributed by atoms with Crippen LogP contribution in [0, 0.1) is 32.1 Å². The lowest BCUT2D eigenvalue weighted by Gasteiger charge is -2.12. The third kappa shape index (κ3) is 6.94. The summed E-state index contributed by atoms with van der Waals surface area (Å²) in [5, 5.41) is 16.7. The van der Waals surface area contributed by atoms with E-state index in [1.165, 1.54) is 22.3 Å². The molecule has 4 aromatic carbocycles. The van der Waals surface area contributed by atoms with Gasteiger partial charge in [0.15, 0.2) is 0 Å². The van der Waals surface area contributed by atoms with Gasteiger partial charge in [0, 0.05) is 25.2 Å². The zero-order chi connectivity index (χ0) is 26.2. The SMILES string of the molecule is Cc1cc(C)c(CCNC(=O)c2cccc(-c3ccc(C[N]Cc4cccc(C#N)c4)cc3)c2)c(C)c1. The molecule has 4 nitrogen and oxygen atoms in total. The Balaban J connectivity index is 1.32. The van der Waals surface area contributed by atoms with E-state index in [1.807, 2.05) is 42.5 Å². The number of carbonyl (C=O) groups excluding carboxylic acids is 1. The average Bonchev–Trinajstić information content (AvgIpc) is 2.90. The van der Waals surface area contributed by atoms with Gasteiger partial charge in [0.1, 0.15) is 0 Å². The second kappa shape index (κ2) is 12.2. The molecule has 0 aliphatic rings. The van der Waals surface area contributed by atoms with Crippen molar-refractivity contribution in [1.82, 2.24) is 10.6 Å². The maximum Gasteiger partial charge on any atom is 0.251 e. The summed E-state index contributed by atoms with van der Waals surface area (Å²) in [6, 6.07) is 30.1. The summed E-state index contributed by atoms with van der Waals surface area (Å²) < 4.78 is 0. The van der Waals surface area contributed by atoms with Crippen molar-refractivity contribution in [3.05, 3.63) is 129 Å². The Morgan fingerprint density at radius 3 is 2.24 bits per heavy atom. The molecule has 0 saturated heterocycles. The number of hydrogen-bond donors (Lipinski definition) is 1. The second-order valence-electron chi connectivity index (χ2n) is 9.51. The van der Waals surface area contributed by atoms with Gasteiger partial charge in [-0.3, -0.25) is 4.79 Å². The first kappa shape index (κ1) is 25.9. The average molecular weight is 487 g/mol. The molecule has 4 heteroatoms. The van der Waals surface area contributed by atoms with Crippen molar-refractivity contribution in [2.45, 2.75) is 40.3 Å². The van der Waals surface area contributed by atoms with E-state index in [2.05, 4.69) is 73.9 Å². The van der Waals surface area contributed by atoms with Crippen molar-refractivity contribution in [3.63, 3.8) is 0 Å². The topological polar surface area (TPSA) is 67.0 Å². The molecule has 185 valence electrons. The highest BCUT2D eigenvalue weighted by Gasteiger charge is 2.09. The largest absolute Gasteiger partial charge is 0.352 e. The van der Waals surface area contributed by atoms with E-state index >= 15 is 0 Å². The van der Waals surface area contributed by atoms with Gasteiger partial charge in [-0.15, -0.1) is 0 Å². The summed E-state index contributed by atoms with van der Waals surface area (Å²) in [6.45, 7) is 8.17. The number of nitriles is 1. The predicted octanol–water partition coefficient (Wildman–Crippen LogP) is 6.43. The van der Waals surface area contributed by atoms with Gasteiger partial charge in [0.25, 0.3) is 5.91 Å². The first-order valence-electron chi connectivity index (χ1n) is 12.6. The monoisotopic (exact) mass is 486 g/mol. The van der Waals surface area contributed by atoms with Crippen LogP contribution in [0.4, 0.5) is 0 Å². The number of carbonyl (C=O) groups is 1. The maximum atomic E-state index is 12.8. The molecular formula is C33H32N3O. The van der Waals surface area contributed by atoms with Gasteiger partial charge in [-0.25, -0.2) is 5.32 Å². The molecule has 4 rings (SSSR count). The van der Waals surface area contributed by atoms with Crippen molar-refractivity contribution >= 4 is 5.91 Å². The Morgan fingerprint density at radius 2 is 1.51 bits per heavy atom. The summed E-state index contributed by atoms with van der Waals surface area (Å²) in [6.07, 6.45) is 0.819. The second-order valence-corrected chi connectivity index (χ2v) is 9.51. The smallest absolute Gasteiger partial charge is 0.251 e. The molecule has 0 heterocycles. The molecule has 4 aromatic rings. The summed E-state index contributed by atoms with van der Waals surface area (Å²) in [5.74, 6) is -0.0554. The minimum Gasteiger partial charge on any atom is -0.352 e. The van der Waals surface area contributed by atoms with Gasteiger partial charge in [0.2, 0.25) is 0 Å². The number of rotatable bonds is 9. The summed E-state index contributed by atoms with van der Waals surface area (Å²) in [4.78, 5) is 12.8. The molecule has 0 aliphatic heterocycles. The van der Waals surface area contributed by atoms with E-state index in [9.17, 15) is 4.79 Å². The van der Waals surface area contributed by atoms with Crippen molar-refractivity contribution in [2.75, 3.05) is 6.54 Å². The van der Waals surface area contributed by atoms with E-state index in [0.29, 0.717) is 30.8 Å². The number of hydrogen-bond acceptors (Lipinski definition) is 2. The molecule has 0 spiro atoms. The normalized spacial score (nSPS) is 10.6. The lowest BCUT2D eigenvalue weighted by atomic mass is 9.97. The quantitative estimate of drug-likeness (QED) is 0.296. The number of nitrogens with zero attached hydrogens (tertiary/aromatic N) is 2. The number of amides is 1. The molecule has 0 unspecified atom stereocenters. The molecule has 0 atom stereocenters. The molecule has 0 aromatic heterocycles. The Morgan fingerprint density at radius 1 is 0.811 bits per heavy atom. The minimum absolute atomic E-state index is 0.0554. The number of benzene rings is 4. The maximum absolute atomic E-state index is 12.8. The summed E-state index contributed by atoms with van der Waals surface area (Å²) in [5.41, 5.74) is 10.7. The zero-order valence-corrected chi connectivity index (χ0v) is 21.7. The Kier molecular flexibility index (Phi) is 8.51. The number of nitrogens with one attached hydrogen (secondary N) is 1. The van der Waals surface area contributed by atoms with Crippen LogP contribution in [0.3, 0.4) is 0 Å². The zero-order valence-electron chi connectivity index (χ0n) is 21.7. The molecule has 0 bridgehead atoms. The summed E-state index contributed by atoms with van der Waals surface area (Å²) >= 11 is 0. The molecule has 1 amide bonds. The van der Waals surface area contributed by atoms with Crippen LogP contribution in [0.25, 0.3) is 11.1 Å². The Labute approximate surface area is 220 Å². The fourth-order valence-corrected chi connectivity index (χ4v) is 4.70. The van der Waals surface area contributed by atoms with Gasteiger partial charge in [-0.2, -0.15) is 5.26 Å². The minimum atomic E-state index is -0.0554. The lowest BCUT2D eigenvalue weighted by Crippen LogP contribution is -2.26. The Hall–Kier alpha value is -4.20. The highest BCUT2D eigenvalue weighted by molar-refractivity contribution is 5.95. The van der Waals surface area contributed by atoms with E-state index in [4.69, 9.17) is 5.26 Å². The standard InChI is InChI=1S/C33H32N3O/c1-23-16-24(2)32(25(3)17-23)14-15-36-33(37)31-9-5-8-30(19-31)29-12-10-26(11-13-29)21-35-22-28-7-4-6-27(18-28)20-34/h4-13,16-19H,14-15,21-22H2,1-3H3,(H,36,37). The van der Waals surface area contributed by atoms with E-state index < -0.39 is 0 Å². The summed E-state index contributed by atoms with van der Waals surface area (Å²) in [7, 11) is 0. The van der Waals surface area contributed by atoms with Gasteiger partial charge >= 0.3 is 0 Å². The Bertz CT molecular complexity index is 1410. The van der Waals surface area contributed by atoms with Crippen molar-refractivity contribution < 1.29 is 4.79 Å². The molecule has 1 N–H and O–H groups in total. The highest BCUT2D eigenvalue weighted by atomic mass is 16.1.